The van der Waals surface area contributed by atoms with Gasteiger partial charge < -0.3 is 9.64 Å². The van der Waals surface area contributed by atoms with Gasteiger partial charge in [0.15, 0.2) is 0 Å². The predicted octanol–water partition coefficient (Wildman–Crippen LogP) is 4.23. The van der Waals surface area contributed by atoms with Gasteiger partial charge in [-0.25, -0.2) is 0 Å². The highest BCUT2D eigenvalue weighted by Crippen LogP contribution is 2.35. The topological polar surface area (TPSA) is 12.5 Å². The molecule has 0 bridgehead atoms. The van der Waals surface area contributed by atoms with E-state index in [0.717, 1.165) is 0 Å². The highest BCUT2D eigenvalue weighted by Gasteiger charge is 2.22. The molecule has 0 saturated heterocycles. The first kappa shape index (κ1) is 15.0. The maximum Gasteiger partial charge on any atom is 0.109 e. The van der Waals surface area contributed by atoms with Crippen molar-refractivity contribution in [2.45, 2.75) is 19.1 Å². The molecule has 0 N–H and O–H groups in total. The maximum atomic E-state index is 6.36. The van der Waals surface area contributed by atoms with Crippen molar-refractivity contribution in [3.63, 3.8) is 0 Å². The first-order valence-corrected chi connectivity index (χ1v) is 7.81. The standard InChI is InChI=1S/C20H23NO/c1-15(21(2)3)14-22-20-18-10-6-4-8-16(18)12-13-17-9-5-7-11-19(17)20/h4-13,15,20H,14H2,1-3H3. The zero-order chi connectivity index (χ0) is 15.5. The van der Waals surface area contributed by atoms with E-state index in [9.17, 15) is 0 Å². The van der Waals surface area contributed by atoms with Crippen molar-refractivity contribution in [2.75, 3.05) is 20.7 Å². The fraction of sp³-hybridized carbons (Fsp3) is 0.300. The van der Waals surface area contributed by atoms with Gasteiger partial charge in [0, 0.05) is 6.04 Å². The van der Waals surface area contributed by atoms with Gasteiger partial charge in [0.05, 0.1) is 6.61 Å². The zero-order valence-corrected chi connectivity index (χ0v) is 13.5. The van der Waals surface area contributed by atoms with Crippen molar-refractivity contribution in [3.05, 3.63) is 70.8 Å². The van der Waals surface area contributed by atoms with Crippen LogP contribution in [0.2, 0.25) is 0 Å². The second-order valence-electron chi connectivity index (χ2n) is 6.12. The summed E-state index contributed by atoms with van der Waals surface area (Å²) in [5.74, 6) is 0. The summed E-state index contributed by atoms with van der Waals surface area (Å²) in [6.45, 7) is 2.90. The minimum Gasteiger partial charge on any atom is -0.367 e. The van der Waals surface area contributed by atoms with Gasteiger partial charge in [-0.15, -0.1) is 0 Å². The Balaban J connectivity index is 1.98. The van der Waals surface area contributed by atoms with Crippen molar-refractivity contribution in [2.24, 2.45) is 0 Å². The third-order valence-electron chi connectivity index (χ3n) is 4.39. The minimum atomic E-state index is -0.00944. The number of fused-ring (bicyclic) bond motifs is 2. The number of rotatable bonds is 4. The van der Waals surface area contributed by atoms with E-state index in [4.69, 9.17) is 4.74 Å². The van der Waals surface area contributed by atoms with Crippen LogP contribution < -0.4 is 0 Å². The van der Waals surface area contributed by atoms with E-state index in [1.165, 1.54) is 22.3 Å². The summed E-state index contributed by atoms with van der Waals surface area (Å²) in [4.78, 5) is 2.19. The van der Waals surface area contributed by atoms with Gasteiger partial charge in [0.2, 0.25) is 0 Å². The molecule has 22 heavy (non-hydrogen) atoms. The molecule has 1 atom stereocenters. The molecule has 0 spiro atoms. The Morgan fingerprint density at radius 1 is 0.909 bits per heavy atom. The van der Waals surface area contributed by atoms with Crippen LogP contribution in [0.3, 0.4) is 0 Å². The van der Waals surface area contributed by atoms with Crippen molar-refractivity contribution in [3.8, 4) is 0 Å². The molecule has 2 heteroatoms. The van der Waals surface area contributed by atoms with Crippen LogP contribution in [0.4, 0.5) is 0 Å². The third kappa shape index (κ3) is 2.99. The fourth-order valence-electron chi connectivity index (χ4n) is 2.71. The Morgan fingerprint density at radius 2 is 1.41 bits per heavy atom. The molecule has 1 unspecified atom stereocenters. The molecule has 0 aromatic heterocycles. The van der Waals surface area contributed by atoms with Gasteiger partial charge in [0.1, 0.15) is 6.10 Å². The van der Waals surface area contributed by atoms with Crippen LogP contribution in [0.25, 0.3) is 12.2 Å². The molecule has 0 heterocycles. The van der Waals surface area contributed by atoms with Crippen LogP contribution in [0, 0.1) is 0 Å². The molecule has 0 saturated carbocycles. The second-order valence-corrected chi connectivity index (χ2v) is 6.12. The summed E-state index contributed by atoms with van der Waals surface area (Å²) in [5.41, 5.74) is 4.96. The third-order valence-corrected chi connectivity index (χ3v) is 4.39. The van der Waals surface area contributed by atoms with E-state index in [0.29, 0.717) is 12.6 Å². The molecular weight excluding hydrogens is 270 g/mol. The van der Waals surface area contributed by atoms with Crippen molar-refractivity contribution >= 4 is 12.2 Å². The van der Waals surface area contributed by atoms with Crippen LogP contribution in [0.15, 0.2) is 48.5 Å². The van der Waals surface area contributed by atoms with E-state index >= 15 is 0 Å². The molecule has 114 valence electrons. The van der Waals surface area contributed by atoms with Crippen LogP contribution in [-0.2, 0) is 4.74 Å². The minimum absolute atomic E-state index is 0.00944. The number of hydrogen-bond donors (Lipinski definition) is 0. The Morgan fingerprint density at radius 3 is 1.91 bits per heavy atom. The smallest absolute Gasteiger partial charge is 0.109 e. The highest BCUT2D eigenvalue weighted by molar-refractivity contribution is 5.76. The van der Waals surface area contributed by atoms with Gasteiger partial charge in [-0.1, -0.05) is 60.7 Å². The van der Waals surface area contributed by atoms with Gasteiger partial charge in [-0.2, -0.15) is 0 Å². The number of benzene rings is 2. The Kier molecular flexibility index (Phi) is 4.41. The van der Waals surface area contributed by atoms with E-state index in [2.05, 4.69) is 86.6 Å². The first-order valence-electron chi connectivity index (χ1n) is 7.81. The fourth-order valence-corrected chi connectivity index (χ4v) is 2.71. The van der Waals surface area contributed by atoms with E-state index in [1.807, 2.05) is 0 Å². The lowest BCUT2D eigenvalue weighted by Crippen LogP contribution is -2.30. The monoisotopic (exact) mass is 293 g/mol. The lowest BCUT2D eigenvalue weighted by Gasteiger charge is -2.25. The number of hydrogen-bond acceptors (Lipinski definition) is 2. The molecule has 3 rings (SSSR count). The highest BCUT2D eigenvalue weighted by atomic mass is 16.5. The quantitative estimate of drug-likeness (QED) is 0.836. The predicted molar refractivity (Wildman–Crippen MR) is 92.8 cm³/mol. The van der Waals surface area contributed by atoms with E-state index in [-0.39, 0.29) is 6.10 Å². The van der Waals surface area contributed by atoms with Crippen molar-refractivity contribution in [1.82, 2.24) is 4.90 Å². The van der Waals surface area contributed by atoms with Crippen LogP contribution in [0.5, 0.6) is 0 Å². The van der Waals surface area contributed by atoms with E-state index < -0.39 is 0 Å². The molecule has 0 aliphatic heterocycles. The normalized spacial score (nSPS) is 15.3. The molecule has 0 radical (unpaired) electrons. The van der Waals surface area contributed by atoms with Crippen molar-refractivity contribution < 1.29 is 4.74 Å². The van der Waals surface area contributed by atoms with Crippen LogP contribution in [0.1, 0.15) is 35.3 Å². The second kappa shape index (κ2) is 6.47. The van der Waals surface area contributed by atoms with Gasteiger partial charge >= 0.3 is 0 Å². The molecular formula is C20H23NO. The molecule has 2 nitrogen and oxygen atoms in total. The summed E-state index contributed by atoms with van der Waals surface area (Å²) < 4.78 is 6.36. The summed E-state index contributed by atoms with van der Waals surface area (Å²) in [6.07, 6.45) is 4.37. The number of likely N-dealkylation sites (N-methyl/N-ethyl adjacent to an activating group) is 1. The molecule has 2 aromatic rings. The maximum absolute atomic E-state index is 6.36. The van der Waals surface area contributed by atoms with E-state index in [1.54, 1.807) is 0 Å². The van der Waals surface area contributed by atoms with Gasteiger partial charge in [-0.3, -0.25) is 0 Å². The summed E-state index contributed by atoms with van der Waals surface area (Å²) in [7, 11) is 4.18. The lowest BCUT2D eigenvalue weighted by atomic mass is 9.96. The molecule has 2 aromatic carbocycles. The SMILES string of the molecule is CC(COC1c2ccccc2C=Cc2ccccc21)N(C)C. The summed E-state index contributed by atoms with van der Waals surface area (Å²) >= 11 is 0. The van der Waals surface area contributed by atoms with Gasteiger partial charge in [-0.05, 0) is 43.3 Å². The molecule has 1 aliphatic carbocycles. The number of nitrogens with zero attached hydrogens (tertiary/aromatic N) is 1. The Bertz CT molecular complexity index is 625. The molecule has 0 fully saturated rings. The zero-order valence-electron chi connectivity index (χ0n) is 13.5. The average Bonchev–Trinajstić information content (AvgIpc) is 2.69. The molecule has 1 aliphatic rings. The Labute approximate surface area is 133 Å². The summed E-state index contributed by atoms with van der Waals surface area (Å²) in [5, 5.41) is 0. The molecule has 0 amide bonds. The van der Waals surface area contributed by atoms with Crippen molar-refractivity contribution in [1.29, 1.82) is 0 Å². The van der Waals surface area contributed by atoms with Crippen LogP contribution >= 0.6 is 0 Å². The average molecular weight is 293 g/mol. The first-order chi connectivity index (χ1) is 10.7. The lowest BCUT2D eigenvalue weighted by molar-refractivity contribution is 0.0438. The number of ether oxygens (including phenoxy) is 1. The van der Waals surface area contributed by atoms with Gasteiger partial charge in [0.25, 0.3) is 0 Å². The Hall–Kier alpha value is -1.90. The largest absolute Gasteiger partial charge is 0.367 e. The summed E-state index contributed by atoms with van der Waals surface area (Å²) in [6, 6.07) is 17.4. The van der Waals surface area contributed by atoms with Crippen LogP contribution in [-0.4, -0.2) is 31.6 Å².